The van der Waals surface area contributed by atoms with Gasteiger partial charge in [-0.1, -0.05) is 47.5 Å². The molecule has 0 aliphatic heterocycles. The molecule has 4 N–H and O–H groups in total. The van der Waals surface area contributed by atoms with Crippen molar-refractivity contribution in [1.82, 2.24) is 0 Å². The normalized spacial score (nSPS) is 8.59. The number of nitrogen functional groups attached to an aromatic ring is 2. The fourth-order valence-corrected chi connectivity index (χ4v) is 1.22. The van der Waals surface area contributed by atoms with E-state index in [0.29, 0.717) is 21.4 Å². The quantitative estimate of drug-likeness (QED) is 0.712. The van der Waals surface area contributed by atoms with E-state index in [4.69, 9.17) is 34.7 Å². The average Bonchev–Trinajstić information content (AvgIpc) is 2.28. The lowest BCUT2D eigenvalue weighted by atomic mass is 10.3. The van der Waals surface area contributed by atoms with Crippen LogP contribution in [0.5, 0.6) is 0 Å². The van der Waals surface area contributed by atoms with Crippen LogP contribution in [-0.4, -0.2) is 0 Å². The van der Waals surface area contributed by atoms with Gasteiger partial charge in [-0.2, -0.15) is 0 Å². The minimum Gasteiger partial charge on any atom is -0.398 e. The van der Waals surface area contributed by atoms with E-state index in [-0.39, 0.29) is 12.4 Å². The summed E-state index contributed by atoms with van der Waals surface area (Å²) < 4.78 is 0. The zero-order valence-corrected chi connectivity index (χ0v) is 11.3. The van der Waals surface area contributed by atoms with Crippen molar-refractivity contribution in [1.29, 1.82) is 0 Å². The fraction of sp³-hybridized carbons (Fsp3) is 0. The minimum absolute atomic E-state index is 0. The Kier molecular flexibility index (Phi) is 7.55. The topological polar surface area (TPSA) is 52.0 Å². The third kappa shape index (κ3) is 5.68. The molecule has 0 unspecified atom stereocenters. The molecule has 0 saturated heterocycles. The van der Waals surface area contributed by atoms with E-state index in [9.17, 15) is 0 Å². The summed E-state index contributed by atoms with van der Waals surface area (Å²) in [5, 5.41) is 1.24. The van der Waals surface area contributed by atoms with E-state index in [1.807, 2.05) is 24.3 Å². The Balaban J connectivity index is 0.000000284. The van der Waals surface area contributed by atoms with Crippen LogP contribution < -0.4 is 11.5 Å². The Morgan fingerprint density at radius 1 is 0.647 bits per heavy atom. The van der Waals surface area contributed by atoms with Crippen LogP contribution in [0.15, 0.2) is 48.5 Å². The summed E-state index contributed by atoms with van der Waals surface area (Å²) in [5.74, 6) is 0. The van der Waals surface area contributed by atoms with Gasteiger partial charge in [-0.25, -0.2) is 0 Å². The maximum atomic E-state index is 5.58. The molecule has 0 atom stereocenters. The standard InChI is InChI=1S/2C6H6ClN.ClH/c2*7-5-3-1-2-4-6(5)8;/h2*1-4H,8H2;1H. The van der Waals surface area contributed by atoms with Crippen molar-refractivity contribution in [2.24, 2.45) is 0 Å². The summed E-state index contributed by atoms with van der Waals surface area (Å²) in [6.45, 7) is 0. The van der Waals surface area contributed by atoms with Crippen LogP contribution in [0.25, 0.3) is 0 Å². The van der Waals surface area contributed by atoms with Crippen molar-refractivity contribution in [3.63, 3.8) is 0 Å². The predicted molar refractivity (Wildman–Crippen MR) is 79.0 cm³/mol. The molecule has 0 bridgehead atoms. The first kappa shape index (κ1) is 15.9. The van der Waals surface area contributed by atoms with Gasteiger partial charge >= 0.3 is 0 Å². The van der Waals surface area contributed by atoms with Gasteiger partial charge in [0.15, 0.2) is 0 Å². The van der Waals surface area contributed by atoms with E-state index < -0.39 is 0 Å². The Hall–Kier alpha value is -1.09. The van der Waals surface area contributed by atoms with E-state index in [0.717, 1.165) is 0 Å². The largest absolute Gasteiger partial charge is 0.398 e. The summed E-state index contributed by atoms with van der Waals surface area (Å²) in [5.41, 5.74) is 12.0. The monoisotopic (exact) mass is 290 g/mol. The van der Waals surface area contributed by atoms with Gasteiger partial charge in [-0.3, -0.25) is 0 Å². The molecular formula is C12H13Cl3N2. The third-order valence-corrected chi connectivity index (χ3v) is 2.50. The van der Waals surface area contributed by atoms with E-state index in [1.54, 1.807) is 24.3 Å². The molecule has 0 amide bonds. The second-order valence-corrected chi connectivity index (χ2v) is 3.86. The summed E-state index contributed by atoms with van der Waals surface area (Å²) in [4.78, 5) is 0. The number of benzene rings is 2. The molecule has 0 aromatic heterocycles. The van der Waals surface area contributed by atoms with Crippen LogP contribution in [0.1, 0.15) is 0 Å². The highest BCUT2D eigenvalue weighted by Crippen LogP contribution is 2.16. The lowest BCUT2D eigenvalue weighted by molar-refractivity contribution is 1.68. The summed E-state index contributed by atoms with van der Waals surface area (Å²) in [6.07, 6.45) is 0. The predicted octanol–water partition coefficient (Wildman–Crippen LogP) is 4.27. The van der Waals surface area contributed by atoms with E-state index in [1.165, 1.54) is 0 Å². The molecule has 2 rings (SSSR count). The average molecular weight is 292 g/mol. The number of hydrogen-bond acceptors (Lipinski definition) is 2. The molecule has 0 saturated carbocycles. The Morgan fingerprint density at radius 3 is 1.12 bits per heavy atom. The third-order valence-electron chi connectivity index (χ3n) is 1.81. The molecule has 17 heavy (non-hydrogen) atoms. The molecule has 0 aliphatic carbocycles. The highest BCUT2D eigenvalue weighted by atomic mass is 35.5. The fourth-order valence-electron chi connectivity index (χ4n) is 0.950. The molecule has 0 radical (unpaired) electrons. The van der Waals surface area contributed by atoms with Crippen molar-refractivity contribution in [3.8, 4) is 0 Å². The minimum atomic E-state index is 0. The number of hydrogen-bond donors (Lipinski definition) is 2. The molecule has 0 heterocycles. The highest BCUT2D eigenvalue weighted by Gasteiger charge is 1.88. The van der Waals surface area contributed by atoms with Crippen molar-refractivity contribution >= 4 is 47.0 Å². The molecule has 92 valence electrons. The van der Waals surface area contributed by atoms with Crippen molar-refractivity contribution < 1.29 is 0 Å². The van der Waals surface area contributed by atoms with Gasteiger partial charge in [0.2, 0.25) is 0 Å². The van der Waals surface area contributed by atoms with Crippen molar-refractivity contribution in [3.05, 3.63) is 58.6 Å². The van der Waals surface area contributed by atoms with E-state index in [2.05, 4.69) is 0 Å². The van der Waals surface area contributed by atoms with Crippen molar-refractivity contribution in [2.45, 2.75) is 0 Å². The Morgan fingerprint density at radius 2 is 0.941 bits per heavy atom. The second kappa shape index (κ2) is 8.07. The Labute approximate surface area is 117 Å². The van der Waals surface area contributed by atoms with Gasteiger partial charge in [-0.05, 0) is 24.3 Å². The first-order valence-electron chi connectivity index (χ1n) is 4.61. The molecule has 0 spiro atoms. The number of para-hydroxylation sites is 2. The maximum Gasteiger partial charge on any atom is 0.0635 e. The van der Waals surface area contributed by atoms with Gasteiger partial charge < -0.3 is 11.5 Å². The molecule has 2 nitrogen and oxygen atoms in total. The zero-order valence-electron chi connectivity index (χ0n) is 8.94. The van der Waals surface area contributed by atoms with Gasteiger partial charge in [0.05, 0.1) is 21.4 Å². The van der Waals surface area contributed by atoms with Crippen LogP contribution in [0, 0.1) is 0 Å². The molecule has 5 heteroatoms. The van der Waals surface area contributed by atoms with Crippen LogP contribution in [0.2, 0.25) is 10.0 Å². The van der Waals surface area contributed by atoms with Gasteiger partial charge in [0.1, 0.15) is 0 Å². The highest BCUT2D eigenvalue weighted by molar-refractivity contribution is 6.33. The van der Waals surface area contributed by atoms with Crippen LogP contribution in [0.4, 0.5) is 11.4 Å². The van der Waals surface area contributed by atoms with E-state index >= 15 is 0 Å². The van der Waals surface area contributed by atoms with Crippen LogP contribution in [-0.2, 0) is 0 Å². The lowest BCUT2D eigenvalue weighted by Crippen LogP contribution is -1.82. The first-order valence-corrected chi connectivity index (χ1v) is 5.37. The molecule has 2 aromatic rings. The van der Waals surface area contributed by atoms with Crippen molar-refractivity contribution in [2.75, 3.05) is 11.5 Å². The summed E-state index contributed by atoms with van der Waals surface area (Å²) >= 11 is 11.2. The number of anilines is 2. The van der Waals surface area contributed by atoms with Crippen LogP contribution in [0.3, 0.4) is 0 Å². The summed E-state index contributed by atoms with van der Waals surface area (Å²) in [7, 11) is 0. The molecule has 2 aromatic carbocycles. The van der Waals surface area contributed by atoms with Gasteiger partial charge in [-0.15, -0.1) is 12.4 Å². The molecule has 0 aliphatic rings. The lowest BCUT2D eigenvalue weighted by Gasteiger charge is -1.91. The number of halogens is 3. The number of rotatable bonds is 0. The van der Waals surface area contributed by atoms with Crippen LogP contribution >= 0.6 is 35.6 Å². The molecular weight excluding hydrogens is 279 g/mol. The summed E-state index contributed by atoms with van der Waals surface area (Å²) in [6, 6.07) is 14.4. The SMILES string of the molecule is Cl.Nc1ccccc1Cl.Nc1ccccc1Cl. The number of nitrogens with two attached hydrogens (primary N) is 2. The van der Waals surface area contributed by atoms with Gasteiger partial charge in [0.25, 0.3) is 0 Å². The first-order chi connectivity index (χ1) is 7.61. The zero-order chi connectivity index (χ0) is 12.0. The smallest absolute Gasteiger partial charge is 0.0635 e. The second-order valence-electron chi connectivity index (χ2n) is 3.04. The maximum absolute atomic E-state index is 5.58. The Bertz CT molecular complexity index is 376. The van der Waals surface area contributed by atoms with Gasteiger partial charge in [0, 0.05) is 0 Å². The molecule has 0 fully saturated rings.